The van der Waals surface area contributed by atoms with Crippen LogP contribution in [0.15, 0.2) is 27.3 Å². The number of amides is 1. The molecule has 0 spiro atoms. The molecule has 0 atom stereocenters. The number of aromatic carboxylic acids is 1. The van der Waals surface area contributed by atoms with Crippen LogP contribution in [-0.2, 0) is 6.54 Å². The Morgan fingerprint density at radius 2 is 2.22 bits per heavy atom. The van der Waals surface area contributed by atoms with E-state index in [0.29, 0.717) is 11.5 Å². The smallest absolute Gasteiger partial charge is 0.338 e. The van der Waals surface area contributed by atoms with Crippen molar-refractivity contribution in [2.45, 2.75) is 13.5 Å². The maximum Gasteiger partial charge on any atom is 0.338 e. The third-order valence-corrected chi connectivity index (χ3v) is 2.18. The molecule has 7 heteroatoms. The summed E-state index contributed by atoms with van der Waals surface area (Å²) in [5, 5.41) is 14.9. The number of nitrogens with zero attached hydrogens (tertiary/aromatic N) is 1. The maximum atomic E-state index is 11.6. The van der Waals surface area contributed by atoms with Crippen LogP contribution in [0.25, 0.3) is 0 Å². The molecule has 94 valence electrons. The predicted octanol–water partition coefficient (Wildman–Crippen LogP) is 1.20. The Hall–Kier alpha value is -2.57. The van der Waals surface area contributed by atoms with E-state index in [1.807, 2.05) is 0 Å². The van der Waals surface area contributed by atoms with Gasteiger partial charge in [0.25, 0.3) is 5.91 Å². The topological polar surface area (TPSA) is 106 Å². The van der Waals surface area contributed by atoms with Crippen LogP contribution >= 0.6 is 0 Å². The van der Waals surface area contributed by atoms with Crippen molar-refractivity contribution in [3.8, 4) is 0 Å². The van der Waals surface area contributed by atoms with Gasteiger partial charge in [0.1, 0.15) is 17.7 Å². The number of carbonyl (C=O) groups is 2. The minimum atomic E-state index is -1.15. The van der Waals surface area contributed by atoms with Gasteiger partial charge < -0.3 is 19.4 Å². The second-order valence-corrected chi connectivity index (χ2v) is 3.62. The van der Waals surface area contributed by atoms with Gasteiger partial charge in [-0.1, -0.05) is 5.16 Å². The summed E-state index contributed by atoms with van der Waals surface area (Å²) in [5.74, 6) is -1.08. The van der Waals surface area contributed by atoms with Gasteiger partial charge in [-0.15, -0.1) is 0 Å². The van der Waals surface area contributed by atoms with Crippen LogP contribution in [-0.4, -0.2) is 22.1 Å². The highest BCUT2D eigenvalue weighted by Gasteiger charge is 2.14. The Kier molecular flexibility index (Phi) is 3.13. The van der Waals surface area contributed by atoms with Gasteiger partial charge in [0.15, 0.2) is 5.76 Å². The number of aromatic nitrogens is 1. The van der Waals surface area contributed by atoms with E-state index < -0.39 is 11.9 Å². The summed E-state index contributed by atoms with van der Waals surface area (Å²) >= 11 is 0. The SMILES string of the molecule is Cc1cc(CNC(=O)c2cc(C(=O)O)co2)no1. The van der Waals surface area contributed by atoms with E-state index in [0.717, 1.165) is 12.3 Å². The highest BCUT2D eigenvalue weighted by atomic mass is 16.5. The molecule has 2 aromatic rings. The normalized spacial score (nSPS) is 10.3. The highest BCUT2D eigenvalue weighted by Crippen LogP contribution is 2.08. The fraction of sp³-hybridized carbons (Fsp3) is 0.182. The molecule has 0 unspecified atom stereocenters. The molecule has 0 radical (unpaired) electrons. The molecule has 2 rings (SSSR count). The lowest BCUT2D eigenvalue weighted by molar-refractivity contribution is 0.0696. The zero-order chi connectivity index (χ0) is 13.1. The lowest BCUT2D eigenvalue weighted by Crippen LogP contribution is -2.22. The fourth-order valence-corrected chi connectivity index (χ4v) is 1.33. The third kappa shape index (κ3) is 2.57. The van der Waals surface area contributed by atoms with E-state index in [2.05, 4.69) is 10.5 Å². The van der Waals surface area contributed by atoms with Crippen LogP contribution in [0, 0.1) is 6.92 Å². The van der Waals surface area contributed by atoms with E-state index in [4.69, 9.17) is 14.0 Å². The molecule has 0 aliphatic heterocycles. The lowest BCUT2D eigenvalue weighted by Gasteiger charge is -1.98. The number of hydrogen-bond acceptors (Lipinski definition) is 5. The molecule has 0 aromatic carbocycles. The first kappa shape index (κ1) is 11.9. The first-order valence-corrected chi connectivity index (χ1v) is 5.08. The summed E-state index contributed by atoms with van der Waals surface area (Å²) in [5.41, 5.74) is 0.503. The van der Waals surface area contributed by atoms with Crippen molar-refractivity contribution < 1.29 is 23.6 Å². The van der Waals surface area contributed by atoms with Gasteiger partial charge in [0.2, 0.25) is 0 Å². The largest absolute Gasteiger partial charge is 0.478 e. The third-order valence-electron chi connectivity index (χ3n) is 2.18. The number of furan rings is 1. The predicted molar refractivity (Wildman–Crippen MR) is 58.1 cm³/mol. The molecule has 0 bridgehead atoms. The van der Waals surface area contributed by atoms with Crippen LogP contribution < -0.4 is 5.32 Å². The Bertz CT molecular complexity index is 584. The van der Waals surface area contributed by atoms with Crippen molar-refractivity contribution in [2.75, 3.05) is 0 Å². The average Bonchev–Trinajstić information content (AvgIpc) is 2.94. The first-order valence-electron chi connectivity index (χ1n) is 5.08. The number of hydrogen-bond donors (Lipinski definition) is 2. The monoisotopic (exact) mass is 250 g/mol. The van der Waals surface area contributed by atoms with Crippen molar-refractivity contribution in [1.82, 2.24) is 10.5 Å². The van der Waals surface area contributed by atoms with Crippen LogP contribution in [0.4, 0.5) is 0 Å². The summed E-state index contributed by atoms with van der Waals surface area (Å²) in [6, 6.07) is 2.84. The number of nitrogens with one attached hydrogen (secondary N) is 1. The molecular formula is C11H10N2O5. The molecule has 2 N–H and O–H groups in total. The van der Waals surface area contributed by atoms with Gasteiger partial charge in [-0.2, -0.15) is 0 Å². The lowest BCUT2D eigenvalue weighted by atomic mass is 10.3. The Labute approximate surface area is 101 Å². The Morgan fingerprint density at radius 3 is 2.78 bits per heavy atom. The number of carboxylic acid groups (broad SMARTS) is 1. The molecule has 7 nitrogen and oxygen atoms in total. The second-order valence-electron chi connectivity index (χ2n) is 3.62. The Balaban J connectivity index is 1.97. The number of aryl methyl sites for hydroxylation is 1. The van der Waals surface area contributed by atoms with Gasteiger partial charge in [0, 0.05) is 12.1 Å². The molecule has 2 aromatic heterocycles. The van der Waals surface area contributed by atoms with Crippen molar-refractivity contribution in [1.29, 1.82) is 0 Å². The standard InChI is InChI=1S/C11H10N2O5/c1-6-2-8(13-18-6)4-12-10(14)9-3-7(5-17-9)11(15)16/h2-3,5H,4H2,1H3,(H,12,14)(H,15,16). The van der Waals surface area contributed by atoms with Gasteiger partial charge >= 0.3 is 5.97 Å². The van der Waals surface area contributed by atoms with Gasteiger partial charge in [-0.25, -0.2) is 4.79 Å². The number of carbonyl (C=O) groups excluding carboxylic acids is 1. The van der Waals surface area contributed by atoms with Crippen molar-refractivity contribution in [2.24, 2.45) is 0 Å². The summed E-state index contributed by atoms with van der Waals surface area (Å²) < 4.78 is 9.68. The van der Waals surface area contributed by atoms with Crippen molar-refractivity contribution in [3.05, 3.63) is 41.2 Å². The summed E-state index contributed by atoms with van der Waals surface area (Å²) in [6.45, 7) is 1.92. The maximum absolute atomic E-state index is 11.6. The molecule has 0 saturated heterocycles. The zero-order valence-electron chi connectivity index (χ0n) is 9.47. The van der Waals surface area contributed by atoms with Crippen LogP contribution in [0.5, 0.6) is 0 Å². The van der Waals surface area contributed by atoms with Crippen molar-refractivity contribution in [3.63, 3.8) is 0 Å². The van der Waals surface area contributed by atoms with E-state index in [1.54, 1.807) is 13.0 Å². The van der Waals surface area contributed by atoms with E-state index in [1.165, 1.54) is 0 Å². The minimum absolute atomic E-state index is 0.0624. The fourth-order valence-electron chi connectivity index (χ4n) is 1.33. The molecule has 0 aliphatic carbocycles. The summed E-state index contributed by atoms with van der Waals surface area (Å²) in [6.07, 6.45) is 1.01. The molecule has 18 heavy (non-hydrogen) atoms. The molecular weight excluding hydrogens is 240 g/mol. The summed E-state index contributed by atoms with van der Waals surface area (Å²) in [4.78, 5) is 22.2. The van der Waals surface area contributed by atoms with E-state index in [9.17, 15) is 9.59 Å². The van der Waals surface area contributed by atoms with Crippen molar-refractivity contribution >= 4 is 11.9 Å². The van der Waals surface area contributed by atoms with Gasteiger partial charge in [0.05, 0.1) is 12.1 Å². The van der Waals surface area contributed by atoms with Crippen LogP contribution in [0.3, 0.4) is 0 Å². The molecule has 0 fully saturated rings. The van der Waals surface area contributed by atoms with Crippen LogP contribution in [0.2, 0.25) is 0 Å². The van der Waals surface area contributed by atoms with E-state index >= 15 is 0 Å². The molecule has 1 amide bonds. The zero-order valence-corrected chi connectivity index (χ0v) is 9.47. The highest BCUT2D eigenvalue weighted by molar-refractivity contribution is 5.95. The Morgan fingerprint density at radius 1 is 1.44 bits per heavy atom. The van der Waals surface area contributed by atoms with E-state index in [-0.39, 0.29) is 17.9 Å². The molecule has 0 saturated carbocycles. The average molecular weight is 250 g/mol. The minimum Gasteiger partial charge on any atom is -0.478 e. The van der Waals surface area contributed by atoms with Crippen LogP contribution in [0.1, 0.15) is 32.4 Å². The van der Waals surface area contributed by atoms with Gasteiger partial charge in [-0.3, -0.25) is 4.79 Å². The first-order chi connectivity index (χ1) is 8.56. The molecule has 2 heterocycles. The number of carboxylic acids is 1. The second kappa shape index (κ2) is 4.74. The summed E-state index contributed by atoms with van der Waals surface area (Å²) in [7, 11) is 0. The van der Waals surface area contributed by atoms with Gasteiger partial charge in [-0.05, 0) is 6.92 Å². The molecule has 0 aliphatic rings. The number of rotatable bonds is 4. The quantitative estimate of drug-likeness (QED) is 0.844.